The molecule has 1 fully saturated rings. The highest BCUT2D eigenvalue weighted by atomic mass is 35.5. The van der Waals surface area contributed by atoms with Gasteiger partial charge < -0.3 is 5.11 Å². The minimum absolute atomic E-state index is 0.0165. The van der Waals surface area contributed by atoms with Crippen molar-refractivity contribution in [3.8, 4) is 0 Å². The molecule has 1 heterocycles. The highest BCUT2D eigenvalue weighted by Gasteiger charge is 2.37. The number of sulfonamides is 1. The van der Waals surface area contributed by atoms with E-state index in [1.54, 1.807) is 0 Å². The highest BCUT2D eigenvalue weighted by molar-refractivity contribution is 7.92. The van der Waals surface area contributed by atoms with Crippen molar-refractivity contribution in [3.05, 3.63) is 0 Å². The summed E-state index contributed by atoms with van der Waals surface area (Å²) in [5.74, 6) is -0.208. The van der Waals surface area contributed by atoms with Gasteiger partial charge in [0, 0.05) is 12.6 Å². The van der Waals surface area contributed by atoms with Crippen molar-refractivity contribution in [1.29, 1.82) is 0 Å². The van der Waals surface area contributed by atoms with E-state index in [1.807, 2.05) is 0 Å². The maximum atomic E-state index is 11.6. The summed E-state index contributed by atoms with van der Waals surface area (Å²) in [6.45, 7) is -0.470. The lowest BCUT2D eigenvalue weighted by Gasteiger charge is -2.25. The lowest BCUT2D eigenvalue weighted by atomic mass is 10.3. The van der Waals surface area contributed by atoms with E-state index < -0.39 is 31.1 Å². The normalized spacial score (nSPS) is 25.1. The molecule has 0 aliphatic carbocycles. The molecule has 0 aromatic carbocycles. The molecular weight excluding hydrogens is 278 g/mol. The molecule has 1 aliphatic rings. The van der Waals surface area contributed by atoms with Gasteiger partial charge in [-0.3, -0.25) is 0 Å². The molecule has 0 radical (unpaired) electrons. The number of alkyl halides is 1. The molecule has 1 aliphatic heterocycles. The SMILES string of the molecule is O=S1(=O)CCC(N(CCO)S(=O)(=O)CCl)C1. The second kappa shape index (κ2) is 5.18. The Morgan fingerprint density at radius 2 is 2.06 bits per heavy atom. The van der Waals surface area contributed by atoms with Gasteiger partial charge in [0.2, 0.25) is 10.0 Å². The van der Waals surface area contributed by atoms with Crippen LogP contribution in [-0.2, 0) is 19.9 Å². The number of halogens is 1. The summed E-state index contributed by atoms with van der Waals surface area (Å²) in [6, 6.07) is -0.596. The van der Waals surface area contributed by atoms with Crippen LogP contribution in [0.4, 0.5) is 0 Å². The summed E-state index contributed by atoms with van der Waals surface area (Å²) in [5, 5.41) is 8.18. The van der Waals surface area contributed by atoms with Crippen LogP contribution >= 0.6 is 11.6 Å². The molecule has 1 N–H and O–H groups in total. The molecule has 1 saturated heterocycles. The minimum Gasteiger partial charge on any atom is -0.395 e. The molecule has 9 heteroatoms. The number of aliphatic hydroxyl groups is 1. The van der Waals surface area contributed by atoms with Crippen LogP contribution in [0.15, 0.2) is 0 Å². The zero-order valence-electron chi connectivity index (χ0n) is 8.54. The monoisotopic (exact) mass is 291 g/mol. The molecule has 0 bridgehead atoms. The summed E-state index contributed by atoms with van der Waals surface area (Å²) in [5.41, 5.74) is 0. The van der Waals surface area contributed by atoms with Gasteiger partial charge in [-0.05, 0) is 6.42 Å². The van der Waals surface area contributed by atoms with E-state index in [1.165, 1.54) is 0 Å². The van der Waals surface area contributed by atoms with Crippen molar-refractivity contribution in [2.45, 2.75) is 12.5 Å². The molecule has 0 saturated carbocycles. The Bertz CT molecular complexity index is 432. The molecular formula is C7H14ClNO5S2. The van der Waals surface area contributed by atoms with E-state index in [0.717, 1.165) is 4.31 Å². The summed E-state index contributed by atoms with van der Waals surface area (Å²) in [6.07, 6.45) is 0.262. The predicted octanol–water partition coefficient (Wildman–Crippen LogP) is -1.01. The van der Waals surface area contributed by atoms with Crippen molar-refractivity contribution in [2.75, 3.05) is 29.9 Å². The fourth-order valence-electron chi connectivity index (χ4n) is 1.71. The van der Waals surface area contributed by atoms with Crippen LogP contribution in [-0.4, -0.2) is 62.2 Å². The second-order valence-corrected chi connectivity index (χ2v) is 8.35. The van der Waals surface area contributed by atoms with Gasteiger partial charge in [0.25, 0.3) is 0 Å². The number of aliphatic hydroxyl groups excluding tert-OH is 1. The second-order valence-electron chi connectivity index (χ2n) is 3.61. The maximum absolute atomic E-state index is 11.6. The van der Waals surface area contributed by atoms with Gasteiger partial charge in [0.15, 0.2) is 9.84 Å². The summed E-state index contributed by atoms with van der Waals surface area (Å²) in [4.78, 5) is 0. The lowest BCUT2D eigenvalue weighted by molar-refractivity contribution is 0.233. The first-order valence-corrected chi connectivity index (χ1v) is 8.65. The Balaban J connectivity index is 2.88. The first kappa shape index (κ1) is 14.2. The van der Waals surface area contributed by atoms with Crippen LogP contribution in [0.2, 0.25) is 0 Å². The molecule has 0 amide bonds. The van der Waals surface area contributed by atoms with Crippen molar-refractivity contribution in [1.82, 2.24) is 4.31 Å². The Labute approximate surface area is 100 Å². The topological polar surface area (TPSA) is 91.8 Å². The van der Waals surface area contributed by atoms with Crippen LogP contribution in [0.5, 0.6) is 0 Å². The third kappa shape index (κ3) is 3.30. The molecule has 6 nitrogen and oxygen atoms in total. The van der Waals surface area contributed by atoms with Gasteiger partial charge in [-0.15, -0.1) is 11.6 Å². The van der Waals surface area contributed by atoms with Crippen LogP contribution in [0.25, 0.3) is 0 Å². The van der Waals surface area contributed by atoms with Crippen LogP contribution in [0.1, 0.15) is 6.42 Å². The first-order chi connectivity index (χ1) is 7.32. The Morgan fingerprint density at radius 3 is 2.44 bits per heavy atom. The Kier molecular flexibility index (Phi) is 4.58. The van der Waals surface area contributed by atoms with E-state index in [2.05, 4.69) is 0 Å². The standard InChI is InChI=1S/C7H14ClNO5S2/c8-6-16(13,14)9(2-3-10)7-1-4-15(11,12)5-7/h7,10H,1-6H2. The van der Waals surface area contributed by atoms with Gasteiger partial charge in [-0.1, -0.05) is 0 Å². The van der Waals surface area contributed by atoms with Gasteiger partial charge in [0.1, 0.15) is 5.21 Å². The lowest BCUT2D eigenvalue weighted by Crippen LogP contribution is -2.43. The molecule has 16 heavy (non-hydrogen) atoms. The maximum Gasteiger partial charge on any atom is 0.228 e. The smallest absolute Gasteiger partial charge is 0.228 e. The average Bonchev–Trinajstić information content (AvgIpc) is 2.54. The van der Waals surface area contributed by atoms with Crippen molar-refractivity contribution >= 4 is 31.5 Å². The van der Waals surface area contributed by atoms with Gasteiger partial charge in [-0.25, -0.2) is 16.8 Å². The van der Waals surface area contributed by atoms with Crippen LogP contribution in [0, 0.1) is 0 Å². The van der Waals surface area contributed by atoms with E-state index in [4.69, 9.17) is 16.7 Å². The zero-order chi connectivity index (χ0) is 12.4. The van der Waals surface area contributed by atoms with E-state index in [9.17, 15) is 16.8 Å². The Morgan fingerprint density at radius 1 is 1.44 bits per heavy atom. The number of rotatable bonds is 5. The van der Waals surface area contributed by atoms with Crippen LogP contribution in [0.3, 0.4) is 0 Å². The predicted molar refractivity (Wildman–Crippen MR) is 60.5 cm³/mol. The first-order valence-electron chi connectivity index (χ1n) is 4.69. The van der Waals surface area contributed by atoms with Crippen molar-refractivity contribution in [2.24, 2.45) is 0 Å². The van der Waals surface area contributed by atoms with Crippen molar-refractivity contribution in [3.63, 3.8) is 0 Å². The van der Waals surface area contributed by atoms with E-state index >= 15 is 0 Å². The molecule has 1 atom stereocenters. The molecule has 0 aromatic heterocycles. The minimum atomic E-state index is -3.68. The average molecular weight is 292 g/mol. The quantitative estimate of drug-likeness (QED) is 0.656. The summed E-state index contributed by atoms with van der Waals surface area (Å²) >= 11 is 5.31. The number of sulfone groups is 1. The Hall–Kier alpha value is 0.110. The van der Waals surface area contributed by atoms with Gasteiger partial charge in [0.05, 0.1) is 18.1 Å². The molecule has 96 valence electrons. The number of nitrogens with zero attached hydrogens (tertiary/aromatic N) is 1. The number of hydrogen-bond donors (Lipinski definition) is 1. The fourth-order valence-corrected chi connectivity index (χ4v) is 5.03. The fraction of sp³-hybridized carbons (Fsp3) is 1.00. The van der Waals surface area contributed by atoms with Crippen LogP contribution < -0.4 is 0 Å². The third-order valence-corrected chi connectivity index (χ3v) is 6.48. The summed E-state index contributed by atoms with van der Waals surface area (Å²) < 4.78 is 46.6. The molecule has 0 aromatic rings. The summed E-state index contributed by atoms with van der Waals surface area (Å²) in [7, 11) is -6.84. The zero-order valence-corrected chi connectivity index (χ0v) is 10.9. The van der Waals surface area contributed by atoms with E-state index in [-0.39, 0.29) is 31.1 Å². The molecule has 1 rings (SSSR count). The van der Waals surface area contributed by atoms with E-state index in [0.29, 0.717) is 0 Å². The highest BCUT2D eigenvalue weighted by Crippen LogP contribution is 2.20. The number of hydrogen-bond acceptors (Lipinski definition) is 5. The molecule has 0 spiro atoms. The van der Waals surface area contributed by atoms with Crippen molar-refractivity contribution < 1.29 is 21.9 Å². The van der Waals surface area contributed by atoms with Gasteiger partial charge >= 0.3 is 0 Å². The largest absolute Gasteiger partial charge is 0.395 e. The molecule has 1 unspecified atom stereocenters. The third-order valence-electron chi connectivity index (χ3n) is 2.43. The van der Waals surface area contributed by atoms with Gasteiger partial charge in [-0.2, -0.15) is 4.31 Å².